The fraction of sp³-hybridized carbons (Fsp3) is 0.692. The number of carbonyl (C=O) groups excluding carboxylic acids is 1. The highest BCUT2D eigenvalue weighted by atomic mass is 35.5. The minimum absolute atomic E-state index is 0.0295. The molecule has 0 amide bonds. The molecule has 0 spiro atoms. The van der Waals surface area contributed by atoms with Gasteiger partial charge < -0.3 is 4.74 Å². The van der Waals surface area contributed by atoms with Crippen molar-refractivity contribution < 1.29 is 9.53 Å². The van der Waals surface area contributed by atoms with Gasteiger partial charge in [0.25, 0.3) is 0 Å². The standard InChI is InChI=1S/C13H20ClN3O2/c1-4-13(2,17-5-7-19-8-6-17)12(18)11-10(14)9-15-16(11)3/h9H,4-8H2,1-3H3. The Kier molecular flexibility index (Phi) is 4.28. The van der Waals surface area contributed by atoms with Crippen LogP contribution in [0.15, 0.2) is 6.20 Å². The fourth-order valence-corrected chi connectivity index (χ4v) is 2.76. The molecule has 0 aliphatic carbocycles. The van der Waals surface area contributed by atoms with E-state index in [2.05, 4.69) is 10.00 Å². The highest BCUT2D eigenvalue weighted by Gasteiger charge is 2.40. The molecule has 5 nitrogen and oxygen atoms in total. The van der Waals surface area contributed by atoms with E-state index in [1.165, 1.54) is 6.20 Å². The average Bonchev–Trinajstić information content (AvgIpc) is 2.77. The number of Topliss-reactive ketones (excluding diaryl/α,β-unsaturated/α-hetero) is 1. The van der Waals surface area contributed by atoms with Crippen LogP contribution in [0.4, 0.5) is 0 Å². The maximum atomic E-state index is 12.9. The van der Waals surface area contributed by atoms with Crippen LogP contribution in [0.25, 0.3) is 0 Å². The van der Waals surface area contributed by atoms with Gasteiger partial charge in [0.15, 0.2) is 0 Å². The summed E-state index contributed by atoms with van der Waals surface area (Å²) in [7, 11) is 1.74. The van der Waals surface area contributed by atoms with E-state index in [4.69, 9.17) is 16.3 Å². The zero-order valence-electron chi connectivity index (χ0n) is 11.6. The van der Waals surface area contributed by atoms with Gasteiger partial charge in [-0.05, 0) is 13.3 Å². The van der Waals surface area contributed by atoms with E-state index in [0.717, 1.165) is 19.5 Å². The molecular weight excluding hydrogens is 266 g/mol. The third-order valence-electron chi connectivity index (χ3n) is 4.00. The lowest BCUT2D eigenvalue weighted by atomic mass is 9.88. The average molecular weight is 286 g/mol. The number of rotatable bonds is 4. The Hall–Kier alpha value is -0.910. The molecule has 0 N–H and O–H groups in total. The third-order valence-corrected chi connectivity index (χ3v) is 4.27. The molecule has 6 heteroatoms. The number of ether oxygens (including phenoxy) is 1. The Bertz CT molecular complexity index is 449. The summed E-state index contributed by atoms with van der Waals surface area (Å²) >= 11 is 6.09. The van der Waals surface area contributed by atoms with Crippen molar-refractivity contribution in [3.05, 3.63) is 16.9 Å². The molecule has 106 valence electrons. The second-order valence-electron chi connectivity index (χ2n) is 5.02. The molecule has 0 aromatic carbocycles. The maximum absolute atomic E-state index is 12.9. The topological polar surface area (TPSA) is 47.4 Å². The molecule has 1 saturated heterocycles. The third kappa shape index (κ3) is 2.55. The Morgan fingerprint density at radius 1 is 1.53 bits per heavy atom. The SMILES string of the molecule is CCC(C)(C(=O)c1c(Cl)cnn1C)N1CCOCC1. The second-order valence-corrected chi connectivity index (χ2v) is 5.43. The minimum Gasteiger partial charge on any atom is -0.379 e. The van der Waals surface area contributed by atoms with Crippen molar-refractivity contribution in [3.8, 4) is 0 Å². The lowest BCUT2D eigenvalue weighted by Gasteiger charge is -2.41. The number of nitrogens with zero attached hydrogens (tertiary/aromatic N) is 3. The minimum atomic E-state index is -0.554. The predicted molar refractivity (Wildman–Crippen MR) is 73.6 cm³/mol. The molecule has 1 aromatic heterocycles. The summed E-state index contributed by atoms with van der Waals surface area (Å²) in [6.07, 6.45) is 2.25. The predicted octanol–water partition coefficient (Wildman–Crippen LogP) is 1.76. The zero-order valence-corrected chi connectivity index (χ0v) is 12.4. The van der Waals surface area contributed by atoms with E-state index in [9.17, 15) is 4.79 Å². The van der Waals surface area contributed by atoms with Crippen molar-refractivity contribution in [2.24, 2.45) is 7.05 Å². The van der Waals surface area contributed by atoms with Gasteiger partial charge in [-0.3, -0.25) is 14.4 Å². The maximum Gasteiger partial charge on any atom is 0.202 e. The lowest BCUT2D eigenvalue weighted by Crippen LogP contribution is -2.56. The highest BCUT2D eigenvalue weighted by molar-refractivity contribution is 6.34. The molecule has 1 atom stereocenters. The largest absolute Gasteiger partial charge is 0.379 e. The van der Waals surface area contributed by atoms with Crippen molar-refractivity contribution in [3.63, 3.8) is 0 Å². The molecule has 0 radical (unpaired) electrons. The number of carbonyl (C=O) groups is 1. The highest BCUT2D eigenvalue weighted by Crippen LogP contribution is 2.28. The summed E-state index contributed by atoms with van der Waals surface area (Å²) in [4.78, 5) is 15.1. The van der Waals surface area contributed by atoms with Crippen LogP contribution in [-0.2, 0) is 11.8 Å². The van der Waals surface area contributed by atoms with Crippen molar-refractivity contribution in [2.75, 3.05) is 26.3 Å². The van der Waals surface area contributed by atoms with Crippen LogP contribution in [0.2, 0.25) is 5.02 Å². The number of aromatic nitrogens is 2. The molecule has 2 heterocycles. The van der Waals surface area contributed by atoms with Gasteiger partial charge in [-0.15, -0.1) is 0 Å². The van der Waals surface area contributed by atoms with Gasteiger partial charge in [-0.2, -0.15) is 5.10 Å². The molecule has 0 saturated carbocycles. The van der Waals surface area contributed by atoms with E-state index in [0.29, 0.717) is 23.9 Å². The first-order valence-corrected chi connectivity index (χ1v) is 6.93. The Balaban J connectivity index is 2.32. The van der Waals surface area contributed by atoms with Crippen LogP contribution in [0.5, 0.6) is 0 Å². The summed E-state index contributed by atoms with van der Waals surface area (Å²) in [5.74, 6) is 0.0295. The zero-order chi connectivity index (χ0) is 14.0. The van der Waals surface area contributed by atoms with Crippen LogP contribution in [-0.4, -0.2) is 52.3 Å². The summed E-state index contributed by atoms with van der Waals surface area (Å²) < 4.78 is 6.92. The number of hydrogen-bond acceptors (Lipinski definition) is 4. The van der Waals surface area contributed by atoms with E-state index in [-0.39, 0.29) is 5.78 Å². The molecule has 19 heavy (non-hydrogen) atoms. The van der Waals surface area contributed by atoms with Gasteiger partial charge in [-0.1, -0.05) is 18.5 Å². The van der Waals surface area contributed by atoms with Gasteiger partial charge in [0.2, 0.25) is 5.78 Å². The Morgan fingerprint density at radius 2 is 2.16 bits per heavy atom. The molecule has 1 unspecified atom stereocenters. The van der Waals surface area contributed by atoms with Crippen molar-refractivity contribution >= 4 is 17.4 Å². The molecule has 1 aliphatic heterocycles. The van der Waals surface area contributed by atoms with E-state index in [1.807, 2.05) is 13.8 Å². The van der Waals surface area contributed by atoms with E-state index < -0.39 is 5.54 Å². The van der Waals surface area contributed by atoms with Crippen LogP contribution in [0.1, 0.15) is 30.8 Å². The van der Waals surface area contributed by atoms with Crippen molar-refractivity contribution in [1.29, 1.82) is 0 Å². The number of hydrogen-bond donors (Lipinski definition) is 0. The number of ketones is 1. The van der Waals surface area contributed by atoms with E-state index >= 15 is 0 Å². The second kappa shape index (κ2) is 5.61. The number of morpholine rings is 1. The molecule has 1 aromatic rings. The lowest BCUT2D eigenvalue weighted by molar-refractivity contribution is -0.0109. The van der Waals surface area contributed by atoms with Gasteiger partial charge in [0.1, 0.15) is 5.69 Å². The molecular formula is C13H20ClN3O2. The summed E-state index contributed by atoms with van der Waals surface area (Å²) in [6, 6.07) is 0. The Labute approximate surface area is 118 Å². The molecule has 0 bridgehead atoms. The Morgan fingerprint density at radius 3 is 2.63 bits per heavy atom. The first-order chi connectivity index (χ1) is 9.00. The molecule has 1 aliphatic rings. The first-order valence-electron chi connectivity index (χ1n) is 6.55. The van der Waals surface area contributed by atoms with Crippen molar-refractivity contribution in [1.82, 2.24) is 14.7 Å². The molecule has 2 rings (SSSR count). The monoisotopic (exact) mass is 285 g/mol. The fourth-order valence-electron chi connectivity index (χ4n) is 2.51. The normalized spacial score (nSPS) is 20.2. The molecule has 1 fully saturated rings. The number of aryl methyl sites for hydroxylation is 1. The summed E-state index contributed by atoms with van der Waals surface area (Å²) in [6.45, 7) is 6.88. The van der Waals surface area contributed by atoms with Gasteiger partial charge in [0.05, 0.1) is 30.0 Å². The van der Waals surface area contributed by atoms with Crippen molar-refractivity contribution in [2.45, 2.75) is 25.8 Å². The number of halogens is 1. The van der Waals surface area contributed by atoms with Crippen LogP contribution < -0.4 is 0 Å². The van der Waals surface area contributed by atoms with Gasteiger partial charge >= 0.3 is 0 Å². The quantitative estimate of drug-likeness (QED) is 0.791. The summed E-state index contributed by atoms with van der Waals surface area (Å²) in [5, 5.41) is 4.47. The van der Waals surface area contributed by atoms with Crippen LogP contribution in [0, 0.1) is 0 Å². The summed E-state index contributed by atoms with van der Waals surface area (Å²) in [5.41, 5.74) is -0.0705. The van der Waals surface area contributed by atoms with Gasteiger partial charge in [0, 0.05) is 20.1 Å². The first kappa shape index (κ1) is 14.5. The van der Waals surface area contributed by atoms with Gasteiger partial charge in [-0.25, -0.2) is 0 Å². The van der Waals surface area contributed by atoms with E-state index in [1.54, 1.807) is 11.7 Å². The smallest absolute Gasteiger partial charge is 0.202 e. The van der Waals surface area contributed by atoms with Crippen LogP contribution in [0.3, 0.4) is 0 Å². The van der Waals surface area contributed by atoms with Crippen LogP contribution >= 0.6 is 11.6 Å².